The molecule has 41 heavy (non-hydrogen) atoms. The average Bonchev–Trinajstić information content (AvgIpc) is 2.99. The number of phenols is 1. The van der Waals surface area contributed by atoms with E-state index in [-0.39, 0.29) is 23.6 Å². The van der Waals surface area contributed by atoms with E-state index in [9.17, 15) is 14.7 Å². The predicted molar refractivity (Wildman–Crippen MR) is 155 cm³/mol. The Labute approximate surface area is 239 Å². The van der Waals surface area contributed by atoms with Crippen LogP contribution in [0, 0.1) is 0 Å². The fourth-order valence-corrected chi connectivity index (χ4v) is 5.88. The van der Waals surface area contributed by atoms with E-state index in [4.69, 9.17) is 14.5 Å². The molecule has 0 aliphatic carbocycles. The maximum absolute atomic E-state index is 14.0. The maximum atomic E-state index is 14.0. The fourth-order valence-electron chi connectivity index (χ4n) is 5.88. The number of hydrogen-bond donors (Lipinski definition) is 1. The number of ether oxygens (including phenoxy) is 2. The minimum atomic E-state index is -0.244. The molecule has 11 nitrogen and oxygen atoms in total. The van der Waals surface area contributed by atoms with Crippen molar-refractivity contribution < 1.29 is 24.2 Å². The monoisotopic (exact) mass is 560 g/mol. The summed E-state index contributed by atoms with van der Waals surface area (Å²) in [4.78, 5) is 43.4. The van der Waals surface area contributed by atoms with Crippen molar-refractivity contribution in [1.29, 1.82) is 0 Å². The van der Waals surface area contributed by atoms with Crippen LogP contribution in [0.1, 0.15) is 29.4 Å². The van der Waals surface area contributed by atoms with E-state index in [1.54, 1.807) is 24.0 Å². The Hall–Kier alpha value is -3.96. The lowest BCUT2D eigenvalue weighted by Crippen LogP contribution is -2.49. The van der Waals surface area contributed by atoms with E-state index in [1.807, 2.05) is 29.2 Å². The van der Waals surface area contributed by atoms with E-state index < -0.39 is 0 Å². The van der Waals surface area contributed by atoms with Crippen LogP contribution in [0.5, 0.6) is 11.8 Å². The molecule has 11 heteroatoms. The van der Waals surface area contributed by atoms with Crippen molar-refractivity contribution in [2.75, 3.05) is 82.0 Å². The fraction of sp³-hybridized carbons (Fsp3) is 0.467. The number of amides is 2. The third-order valence-corrected chi connectivity index (χ3v) is 8.09. The van der Waals surface area contributed by atoms with Crippen molar-refractivity contribution in [3.8, 4) is 11.8 Å². The van der Waals surface area contributed by atoms with Crippen molar-refractivity contribution >= 4 is 34.1 Å². The molecule has 0 saturated carbocycles. The van der Waals surface area contributed by atoms with Crippen LogP contribution in [0.3, 0.4) is 0 Å². The quantitative estimate of drug-likeness (QED) is 0.435. The van der Waals surface area contributed by atoms with Gasteiger partial charge in [-0.05, 0) is 24.3 Å². The summed E-state index contributed by atoms with van der Waals surface area (Å²) in [5.74, 6) is 0.623. The Morgan fingerprint density at radius 2 is 1.80 bits per heavy atom. The van der Waals surface area contributed by atoms with Gasteiger partial charge in [0.15, 0.2) is 0 Å². The summed E-state index contributed by atoms with van der Waals surface area (Å²) >= 11 is 0. The smallest absolute Gasteiger partial charge is 0.319 e. The molecular formula is C30H36N6O5. The number of piperazine rings is 1. The molecule has 3 aliphatic rings. The van der Waals surface area contributed by atoms with Crippen LogP contribution in [0.2, 0.25) is 0 Å². The topological polar surface area (TPSA) is 112 Å². The van der Waals surface area contributed by atoms with E-state index in [0.717, 1.165) is 55.6 Å². The molecule has 0 atom stereocenters. The van der Waals surface area contributed by atoms with E-state index >= 15 is 0 Å². The van der Waals surface area contributed by atoms with E-state index in [1.165, 1.54) is 0 Å². The van der Waals surface area contributed by atoms with Gasteiger partial charge in [-0.3, -0.25) is 14.5 Å². The number of anilines is 2. The summed E-state index contributed by atoms with van der Waals surface area (Å²) < 4.78 is 11.5. The highest BCUT2D eigenvalue weighted by molar-refractivity contribution is 6.12. The van der Waals surface area contributed by atoms with Gasteiger partial charge in [0.2, 0.25) is 5.91 Å². The second-order valence-electron chi connectivity index (χ2n) is 10.7. The molecule has 2 saturated heterocycles. The molecule has 1 N–H and O–H groups in total. The van der Waals surface area contributed by atoms with Crippen LogP contribution >= 0.6 is 0 Å². The molecular weight excluding hydrogens is 524 g/mol. The number of hydrogen-bond acceptors (Lipinski definition) is 9. The number of fused-ring (bicyclic) bond motifs is 2. The number of aromatic nitrogens is 2. The normalized spacial score (nSPS) is 18.1. The number of phenolic OH excluding ortho intramolecular Hbond substituents is 1. The van der Waals surface area contributed by atoms with Crippen molar-refractivity contribution in [2.45, 2.75) is 19.8 Å². The van der Waals surface area contributed by atoms with Gasteiger partial charge in [0.25, 0.3) is 5.91 Å². The van der Waals surface area contributed by atoms with Crippen molar-refractivity contribution in [1.82, 2.24) is 19.8 Å². The average molecular weight is 561 g/mol. The van der Waals surface area contributed by atoms with Crippen molar-refractivity contribution in [3.63, 3.8) is 0 Å². The standard InChI is InChI=1S/C30H36N6O5/c1-21(37)34-10-12-35(13-11-34)28-25-7-9-36(26-20-23(38)19-22-5-2-3-6-24(22)26)29(39)27(25)31-30(32-28)41-16-4-8-33-14-17-40-18-15-33/h2-3,5-6,19-20,38H,4,7-18H2,1H3. The SMILES string of the molecule is CC(=O)N1CCN(c2nc(OCCCN3CCOCC3)nc3c2CCN(c2cc(O)cc4ccccc24)C3=O)CC1. The third kappa shape index (κ3) is 5.77. The number of nitrogens with zero attached hydrogens (tertiary/aromatic N) is 6. The number of morpholine rings is 1. The number of carbonyl (C=O) groups is 2. The summed E-state index contributed by atoms with van der Waals surface area (Å²) in [5, 5.41) is 12.2. The van der Waals surface area contributed by atoms with Gasteiger partial charge >= 0.3 is 6.01 Å². The lowest BCUT2D eigenvalue weighted by molar-refractivity contribution is -0.129. The minimum Gasteiger partial charge on any atom is -0.508 e. The van der Waals surface area contributed by atoms with Crippen molar-refractivity contribution in [2.24, 2.45) is 0 Å². The van der Waals surface area contributed by atoms with Crippen LogP contribution in [-0.2, 0) is 16.0 Å². The summed E-state index contributed by atoms with van der Waals surface area (Å²) in [7, 11) is 0. The Morgan fingerprint density at radius 1 is 1.02 bits per heavy atom. The molecule has 0 unspecified atom stereocenters. The number of benzene rings is 2. The van der Waals surface area contributed by atoms with E-state index in [0.29, 0.717) is 63.0 Å². The lowest BCUT2D eigenvalue weighted by Gasteiger charge is -2.37. The number of carbonyl (C=O) groups excluding carboxylic acids is 2. The molecule has 6 rings (SSSR count). The van der Waals surface area contributed by atoms with Gasteiger partial charge < -0.3 is 29.3 Å². The summed E-state index contributed by atoms with van der Waals surface area (Å²) in [6.07, 6.45) is 1.37. The molecule has 216 valence electrons. The second kappa shape index (κ2) is 11.9. The maximum Gasteiger partial charge on any atom is 0.319 e. The first kappa shape index (κ1) is 27.2. The molecule has 1 aromatic heterocycles. The predicted octanol–water partition coefficient (Wildman–Crippen LogP) is 2.31. The molecule has 2 aromatic carbocycles. The number of rotatable bonds is 7. The summed E-state index contributed by atoms with van der Waals surface area (Å²) in [5.41, 5.74) is 1.78. The first-order chi connectivity index (χ1) is 20.0. The zero-order valence-electron chi connectivity index (χ0n) is 23.4. The first-order valence-corrected chi connectivity index (χ1v) is 14.4. The Kier molecular flexibility index (Phi) is 7.89. The van der Waals surface area contributed by atoms with Gasteiger partial charge in [-0.15, -0.1) is 0 Å². The summed E-state index contributed by atoms with van der Waals surface area (Å²) in [6, 6.07) is 11.2. The van der Waals surface area contributed by atoms with Crippen LogP contribution in [0.25, 0.3) is 10.8 Å². The molecule has 2 fully saturated rings. The molecule has 2 amide bonds. The van der Waals surface area contributed by atoms with Gasteiger partial charge in [0.1, 0.15) is 17.3 Å². The molecule has 3 aliphatic heterocycles. The van der Waals surface area contributed by atoms with E-state index in [2.05, 4.69) is 14.8 Å². The van der Waals surface area contributed by atoms with Gasteiger partial charge in [0.05, 0.1) is 25.5 Å². The number of aromatic hydroxyl groups is 1. The highest BCUT2D eigenvalue weighted by atomic mass is 16.5. The third-order valence-electron chi connectivity index (χ3n) is 8.09. The highest BCUT2D eigenvalue weighted by Crippen LogP contribution is 2.36. The van der Waals surface area contributed by atoms with Crippen LogP contribution in [-0.4, -0.2) is 109 Å². The zero-order chi connectivity index (χ0) is 28.3. The van der Waals surface area contributed by atoms with Gasteiger partial charge in [-0.25, -0.2) is 0 Å². The lowest BCUT2D eigenvalue weighted by atomic mass is 10.0. The molecule has 3 aromatic rings. The Morgan fingerprint density at radius 3 is 2.59 bits per heavy atom. The van der Waals surface area contributed by atoms with Gasteiger partial charge in [-0.1, -0.05) is 24.3 Å². The molecule has 4 heterocycles. The second-order valence-corrected chi connectivity index (χ2v) is 10.7. The first-order valence-electron chi connectivity index (χ1n) is 14.4. The highest BCUT2D eigenvalue weighted by Gasteiger charge is 2.34. The minimum absolute atomic E-state index is 0.0582. The Balaban J connectivity index is 1.28. The summed E-state index contributed by atoms with van der Waals surface area (Å²) in [6.45, 7) is 9.12. The van der Waals surface area contributed by atoms with Crippen LogP contribution in [0.4, 0.5) is 11.5 Å². The largest absolute Gasteiger partial charge is 0.508 e. The van der Waals surface area contributed by atoms with Gasteiger partial charge in [0, 0.05) is 76.3 Å². The zero-order valence-corrected chi connectivity index (χ0v) is 23.4. The van der Waals surface area contributed by atoms with Crippen LogP contribution in [0.15, 0.2) is 36.4 Å². The van der Waals surface area contributed by atoms with Crippen molar-refractivity contribution in [3.05, 3.63) is 47.7 Å². The van der Waals surface area contributed by atoms with Crippen LogP contribution < -0.4 is 14.5 Å². The Bertz CT molecular complexity index is 1430. The van der Waals surface area contributed by atoms with Gasteiger partial charge in [-0.2, -0.15) is 9.97 Å². The molecule has 0 bridgehead atoms. The molecule has 0 radical (unpaired) electrons. The molecule has 0 spiro atoms.